The third-order valence-corrected chi connectivity index (χ3v) is 6.56. The Morgan fingerprint density at radius 2 is 1.70 bits per heavy atom. The number of hydrogen-bond donors (Lipinski definition) is 0. The number of hydrogen-bond acceptors (Lipinski definition) is 4. The number of carbonyl (C=O) groups excluding carboxylic acids is 1. The molecule has 0 spiro atoms. The van der Waals surface area contributed by atoms with E-state index in [4.69, 9.17) is 21.4 Å². The maximum Gasteiger partial charge on any atom is 0.251 e. The van der Waals surface area contributed by atoms with E-state index in [0.29, 0.717) is 22.8 Å². The lowest BCUT2D eigenvalue weighted by molar-refractivity contribution is -0.00459. The van der Waals surface area contributed by atoms with Crippen LogP contribution in [0.2, 0.25) is 5.02 Å². The van der Waals surface area contributed by atoms with Crippen molar-refractivity contribution in [1.29, 1.82) is 0 Å². The number of hydrazone groups is 1. The fourth-order valence-corrected chi connectivity index (χ4v) is 4.57. The number of ketones is 1. The van der Waals surface area contributed by atoms with Crippen LogP contribution < -0.4 is 4.74 Å². The molecule has 0 amide bonds. The van der Waals surface area contributed by atoms with Gasteiger partial charge in [-0.25, -0.2) is 5.01 Å². The van der Waals surface area contributed by atoms with Crippen LogP contribution in [0.5, 0.6) is 5.75 Å². The summed E-state index contributed by atoms with van der Waals surface area (Å²) < 4.78 is 8.04. The van der Waals surface area contributed by atoms with Gasteiger partial charge in [-0.15, -0.1) is 0 Å². The molecule has 5 rings (SSSR count). The Balaban J connectivity index is 1.57. The molecule has 2 aliphatic rings. The Morgan fingerprint density at radius 1 is 1.00 bits per heavy atom. The Bertz CT molecular complexity index is 1160. The van der Waals surface area contributed by atoms with Crippen molar-refractivity contribution in [2.75, 3.05) is 0 Å². The zero-order valence-corrected chi connectivity index (χ0v) is 19.5. The number of fused-ring (bicyclic) bond motifs is 3. The molecular formula is C23H15Br2ClN2O2. The average Bonchev–Trinajstić information content (AvgIpc) is 3.19. The zero-order valence-electron chi connectivity index (χ0n) is 15.6. The van der Waals surface area contributed by atoms with E-state index >= 15 is 0 Å². The molecule has 2 heterocycles. The van der Waals surface area contributed by atoms with Crippen LogP contribution in [0.25, 0.3) is 0 Å². The van der Waals surface area contributed by atoms with Crippen LogP contribution in [0.15, 0.2) is 80.8 Å². The molecule has 2 aliphatic heterocycles. The summed E-state index contributed by atoms with van der Waals surface area (Å²) in [6.07, 6.45) is -0.145. The van der Waals surface area contributed by atoms with E-state index in [0.717, 1.165) is 25.8 Å². The highest BCUT2D eigenvalue weighted by atomic mass is 79.9. The van der Waals surface area contributed by atoms with Gasteiger partial charge >= 0.3 is 0 Å². The van der Waals surface area contributed by atoms with E-state index in [2.05, 4.69) is 31.9 Å². The Hall–Kier alpha value is -2.15. The number of halogens is 3. The maximum absolute atomic E-state index is 13.3. The van der Waals surface area contributed by atoms with Gasteiger partial charge in [0.15, 0.2) is 0 Å². The predicted octanol–water partition coefficient (Wildman–Crippen LogP) is 6.62. The molecule has 0 N–H and O–H groups in total. The summed E-state index contributed by atoms with van der Waals surface area (Å²) in [5.74, 6) is 0.588. The van der Waals surface area contributed by atoms with Gasteiger partial charge in [-0.2, -0.15) is 5.10 Å². The van der Waals surface area contributed by atoms with Crippen LogP contribution in [0, 0.1) is 0 Å². The van der Waals surface area contributed by atoms with Gasteiger partial charge in [0.2, 0.25) is 5.78 Å². The second kappa shape index (κ2) is 7.84. The van der Waals surface area contributed by atoms with Gasteiger partial charge in [-0.05, 0) is 48.0 Å². The van der Waals surface area contributed by atoms with Gasteiger partial charge < -0.3 is 4.74 Å². The number of benzene rings is 3. The molecule has 0 aliphatic carbocycles. The van der Waals surface area contributed by atoms with Crippen molar-refractivity contribution in [2.45, 2.75) is 18.7 Å². The van der Waals surface area contributed by atoms with Crippen molar-refractivity contribution in [3.8, 4) is 5.75 Å². The Kier molecular flexibility index (Phi) is 5.17. The van der Waals surface area contributed by atoms with Gasteiger partial charge in [-0.1, -0.05) is 67.7 Å². The highest BCUT2D eigenvalue weighted by molar-refractivity contribution is 9.10. The normalized spacial score (nSPS) is 19.6. The minimum atomic E-state index is -0.824. The summed E-state index contributed by atoms with van der Waals surface area (Å²) in [6.45, 7) is 0. The molecule has 3 aromatic carbocycles. The van der Waals surface area contributed by atoms with Crippen molar-refractivity contribution < 1.29 is 9.53 Å². The van der Waals surface area contributed by atoms with E-state index in [9.17, 15) is 4.79 Å². The maximum atomic E-state index is 13.3. The first-order chi connectivity index (χ1) is 14.5. The van der Waals surface area contributed by atoms with E-state index in [1.807, 2.05) is 54.6 Å². The van der Waals surface area contributed by atoms with Crippen molar-refractivity contribution in [1.82, 2.24) is 5.01 Å². The smallest absolute Gasteiger partial charge is 0.251 e. The Morgan fingerprint density at radius 3 is 2.43 bits per heavy atom. The van der Waals surface area contributed by atoms with Crippen LogP contribution in [-0.2, 0) is 0 Å². The second-order valence-electron chi connectivity index (χ2n) is 7.18. The molecular weight excluding hydrogens is 532 g/mol. The van der Waals surface area contributed by atoms with Gasteiger partial charge in [0, 0.05) is 31.5 Å². The highest BCUT2D eigenvalue weighted by Gasteiger charge is 2.43. The summed E-state index contributed by atoms with van der Waals surface area (Å²) in [5.41, 5.74) is 3.48. The van der Waals surface area contributed by atoms with Crippen molar-refractivity contribution in [2.24, 2.45) is 5.10 Å². The lowest BCUT2D eigenvalue weighted by atomic mass is 9.96. The first-order valence-corrected chi connectivity index (χ1v) is 11.3. The number of rotatable bonds is 3. The minimum Gasteiger partial charge on any atom is -0.461 e. The molecule has 7 heteroatoms. The molecule has 4 nitrogen and oxygen atoms in total. The van der Waals surface area contributed by atoms with Crippen molar-refractivity contribution in [3.05, 3.63) is 97.4 Å². The first-order valence-electron chi connectivity index (χ1n) is 9.37. The summed E-state index contributed by atoms with van der Waals surface area (Å²) in [6, 6.07) is 20.7. The standard InChI is InChI=1S/C23H15Br2ClN2O2/c24-15-5-1-14(2-6-15)22(29)23-28-20(18-11-16(25)7-10-21(18)30-23)12-19(27-28)13-3-8-17(26)9-4-13/h1-11,20,23H,12H2/t20-,23+/m1/s1. The van der Waals surface area contributed by atoms with Gasteiger partial charge in [0.05, 0.1) is 11.8 Å². The molecule has 0 aromatic heterocycles. The molecule has 0 saturated heterocycles. The molecule has 0 bridgehead atoms. The third-order valence-electron chi connectivity index (χ3n) is 5.28. The van der Waals surface area contributed by atoms with Crippen LogP contribution in [0.1, 0.15) is 33.9 Å². The van der Waals surface area contributed by atoms with E-state index in [-0.39, 0.29) is 11.8 Å². The van der Waals surface area contributed by atoms with Crippen LogP contribution in [0.4, 0.5) is 0 Å². The lowest BCUT2D eigenvalue weighted by Crippen LogP contribution is -2.45. The third kappa shape index (κ3) is 3.57. The van der Waals surface area contributed by atoms with Gasteiger partial charge in [0.25, 0.3) is 6.23 Å². The van der Waals surface area contributed by atoms with Crippen LogP contribution in [0.3, 0.4) is 0 Å². The fraction of sp³-hybridized carbons (Fsp3) is 0.130. The quantitative estimate of drug-likeness (QED) is 0.347. The SMILES string of the molecule is O=C(c1ccc(Br)cc1)[C@@H]1Oc2ccc(Br)cc2[C@H]2CC(c3ccc(Cl)cc3)=NN21. The van der Waals surface area contributed by atoms with Gasteiger partial charge in [0.1, 0.15) is 5.75 Å². The summed E-state index contributed by atoms with van der Waals surface area (Å²) in [4.78, 5) is 13.3. The summed E-state index contributed by atoms with van der Waals surface area (Å²) in [7, 11) is 0. The molecule has 3 aromatic rings. The zero-order chi connectivity index (χ0) is 20.8. The number of carbonyl (C=O) groups is 1. The molecule has 0 radical (unpaired) electrons. The molecule has 30 heavy (non-hydrogen) atoms. The molecule has 0 saturated carbocycles. The number of nitrogens with zero attached hydrogens (tertiary/aromatic N) is 2. The summed E-state index contributed by atoms with van der Waals surface area (Å²) >= 11 is 13.0. The average molecular weight is 547 g/mol. The van der Waals surface area contributed by atoms with Crippen LogP contribution >= 0.6 is 43.5 Å². The molecule has 0 fully saturated rings. The molecule has 2 atom stereocenters. The topological polar surface area (TPSA) is 41.9 Å². The number of ether oxygens (including phenoxy) is 1. The highest BCUT2D eigenvalue weighted by Crippen LogP contribution is 2.44. The Labute approximate surface area is 195 Å². The van der Waals surface area contributed by atoms with E-state index < -0.39 is 6.23 Å². The monoisotopic (exact) mass is 544 g/mol. The second-order valence-corrected chi connectivity index (χ2v) is 9.44. The van der Waals surface area contributed by atoms with E-state index in [1.54, 1.807) is 17.1 Å². The largest absolute Gasteiger partial charge is 0.461 e. The molecule has 150 valence electrons. The predicted molar refractivity (Wildman–Crippen MR) is 124 cm³/mol. The van der Waals surface area contributed by atoms with Crippen molar-refractivity contribution >= 4 is 55.0 Å². The number of Topliss-reactive ketones (excluding diaryl/α,β-unsaturated/α-hetero) is 1. The van der Waals surface area contributed by atoms with Crippen LogP contribution in [-0.4, -0.2) is 22.7 Å². The molecule has 0 unspecified atom stereocenters. The van der Waals surface area contributed by atoms with Gasteiger partial charge in [-0.3, -0.25) is 4.79 Å². The fourth-order valence-electron chi connectivity index (χ4n) is 3.80. The minimum absolute atomic E-state index is 0.0821. The first kappa shape index (κ1) is 19.8. The van der Waals surface area contributed by atoms with Crippen molar-refractivity contribution in [3.63, 3.8) is 0 Å². The summed E-state index contributed by atoms with van der Waals surface area (Å²) in [5, 5.41) is 7.29. The lowest BCUT2D eigenvalue weighted by Gasteiger charge is -2.37. The van der Waals surface area contributed by atoms with E-state index in [1.165, 1.54) is 0 Å².